The lowest BCUT2D eigenvalue weighted by Crippen LogP contribution is -2.05. The summed E-state index contributed by atoms with van der Waals surface area (Å²) in [5, 5.41) is 1.56. The van der Waals surface area contributed by atoms with Crippen molar-refractivity contribution >= 4 is 16.7 Å². The first-order valence-corrected chi connectivity index (χ1v) is 6.92. The Bertz CT molecular complexity index is 800. The van der Waals surface area contributed by atoms with E-state index in [0.717, 1.165) is 16.3 Å². The number of nitrogens with zero attached hydrogens (tertiary/aromatic N) is 1. The van der Waals surface area contributed by atoms with Gasteiger partial charge in [-0.1, -0.05) is 42.5 Å². The Morgan fingerprint density at radius 1 is 1.00 bits per heavy atom. The highest BCUT2D eigenvalue weighted by Crippen LogP contribution is 2.27. The van der Waals surface area contributed by atoms with E-state index in [1.807, 2.05) is 54.6 Å². The van der Waals surface area contributed by atoms with Gasteiger partial charge in [0, 0.05) is 17.0 Å². The van der Waals surface area contributed by atoms with E-state index in [1.165, 1.54) is 7.11 Å². The highest BCUT2D eigenvalue weighted by atomic mass is 16.5. The summed E-state index contributed by atoms with van der Waals surface area (Å²) in [4.78, 5) is 15.9. The topological polar surface area (TPSA) is 48.4 Å². The molecule has 0 aliphatic rings. The number of hydrogen-bond acceptors (Lipinski definition) is 4. The van der Waals surface area contributed by atoms with E-state index in [0.29, 0.717) is 18.1 Å². The zero-order valence-electron chi connectivity index (χ0n) is 12.2. The number of esters is 1. The maximum atomic E-state index is 11.8. The van der Waals surface area contributed by atoms with Crippen LogP contribution >= 0.6 is 0 Å². The van der Waals surface area contributed by atoms with E-state index in [1.54, 1.807) is 6.20 Å². The second-order valence-electron chi connectivity index (χ2n) is 4.78. The van der Waals surface area contributed by atoms with Gasteiger partial charge in [0.25, 0.3) is 0 Å². The molecule has 4 nitrogen and oxygen atoms in total. The molecule has 1 heterocycles. The first-order chi connectivity index (χ1) is 10.8. The number of carbonyl (C=O) groups is 1. The van der Waals surface area contributed by atoms with Crippen LogP contribution in [0.15, 0.2) is 60.8 Å². The summed E-state index contributed by atoms with van der Waals surface area (Å²) in [6.45, 7) is 0.468. The van der Waals surface area contributed by atoms with Crippen molar-refractivity contribution in [1.29, 1.82) is 0 Å². The van der Waals surface area contributed by atoms with Gasteiger partial charge in [0.2, 0.25) is 0 Å². The molecule has 0 saturated heterocycles. The van der Waals surface area contributed by atoms with Crippen molar-refractivity contribution in [2.24, 2.45) is 0 Å². The third-order valence-electron chi connectivity index (χ3n) is 3.38. The molecule has 4 heteroatoms. The molecule has 0 spiro atoms. The molecular formula is C18H15NO3. The molecule has 0 aliphatic heterocycles. The average molecular weight is 293 g/mol. The minimum Gasteiger partial charge on any atom is -0.488 e. The van der Waals surface area contributed by atoms with Crippen molar-refractivity contribution in [3.8, 4) is 5.75 Å². The summed E-state index contributed by atoms with van der Waals surface area (Å²) >= 11 is 0. The fourth-order valence-electron chi connectivity index (χ4n) is 2.30. The van der Waals surface area contributed by atoms with Gasteiger partial charge in [-0.2, -0.15) is 0 Å². The van der Waals surface area contributed by atoms with Gasteiger partial charge in [-0.05, 0) is 17.7 Å². The predicted molar refractivity (Wildman–Crippen MR) is 83.9 cm³/mol. The van der Waals surface area contributed by atoms with Crippen molar-refractivity contribution in [3.63, 3.8) is 0 Å². The number of benzene rings is 2. The molecule has 0 amide bonds. The van der Waals surface area contributed by atoms with E-state index < -0.39 is 5.97 Å². The Balaban J connectivity index is 1.95. The number of rotatable bonds is 4. The lowest BCUT2D eigenvalue weighted by atomic mass is 10.1. The van der Waals surface area contributed by atoms with Crippen LogP contribution in [0.1, 0.15) is 16.1 Å². The van der Waals surface area contributed by atoms with Gasteiger partial charge >= 0.3 is 5.97 Å². The summed E-state index contributed by atoms with van der Waals surface area (Å²) in [6, 6.07) is 17.3. The van der Waals surface area contributed by atoms with Gasteiger partial charge in [-0.3, -0.25) is 0 Å². The molecule has 1 aromatic heterocycles. The highest BCUT2D eigenvalue weighted by Gasteiger charge is 2.13. The smallest absolute Gasteiger partial charge is 0.357 e. The molecule has 0 aliphatic carbocycles. The van der Waals surface area contributed by atoms with Crippen molar-refractivity contribution in [2.45, 2.75) is 6.61 Å². The number of methoxy groups -OCH3 is 1. The van der Waals surface area contributed by atoms with Crippen LogP contribution in [0, 0.1) is 0 Å². The van der Waals surface area contributed by atoms with Crippen LogP contribution in [-0.4, -0.2) is 18.1 Å². The minimum absolute atomic E-state index is 0.296. The predicted octanol–water partition coefficient (Wildman–Crippen LogP) is 3.60. The van der Waals surface area contributed by atoms with E-state index in [2.05, 4.69) is 4.98 Å². The number of pyridine rings is 1. The van der Waals surface area contributed by atoms with Crippen LogP contribution in [0.2, 0.25) is 0 Å². The summed E-state index contributed by atoms with van der Waals surface area (Å²) in [5.41, 5.74) is 1.38. The van der Waals surface area contributed by atoms with Crippen LogP contribution in [0.5, 0.6) is 5.75 Å². The van der Waals surface area contributed by atoms with E-state index >= 15 is 0 Å². The Hall–Kier alpha value is -2.88. The second-order valence-corrected chi connectivity index (χ2v) is 4.78. The quantitative estimate of drug-likeness (QED) is 0.690. The third kappa shape index (κ3) is 2.76. The van der Waals surface area contributed by atoms with Crippen LogP contribution in [0.25, 0.3) is 10.8 Å². The number of fused-ring (bicyclic) bond motifs is 1. The second kappa shape index (κ2) is 6.26. The van der Waals surface area contributed by atoms with Crippen LogP contribution in [-0.2, 0) is 11.3 Å². The number of aromatic nitrogens is 1. The van der Waals surface area contributed by atoms with Crippen molar-refractivity contribution in [3.05, 3.63) is 72.1 Å². The van der Waals surface area contributed by atoms with Crippen molar-refractivity contribution < 1.29 is 14.3 Å². The fourth-order valence-corrected chi connectivity index (χ4v) is 2.30. The summed E-state index contributed by atoms with van der Waals surface area (Å²) < 4.78 is 10.7. The lowest BCUT2D eigenvalue weighted by Gasteiger charge is -2.10. The molecule has 110 valence electrons. The minimum atomic E-state index is -0.453. The molecule has 2 aromatic carbocycles. The van der Waals surface area contributed by atoms with Gasteiger partial charge in [0.05, 0.1) is 7.11 Å². The standard InChI is InChI=1S/C18H15NO3/c1-21-18(20)17-15-8-5-9-16(14(15)10-11-19-17)22-12-13-6-3-2-4-7-13/h2-11H,12H2,1H3. The van der Waals surface area contributed by atoms with Crippen LogP contribution in [0.4, 0.5) is 0 Å². The molecule has 3 aromatic rings. The van der Waals surface area contributed by atoms with Crippen molar-refractivity contribution in [1.82, 2.24) is 4.98 Å². The maximum absolute atomic E-state index is 11.8. The van der Waals surface area contributed by atoms with Crippen LogP contribution in [0.3, 0.4) is 0 Å². The van der Waals surface area contributed by atoms with Gasteiger partial charge in [0.15, 0.2) is 5.69 Å². The first kappa shape index (κ1) is 14.1. The van der Waals surface area contributed by atoms with Crippen molar-refractivity contribution in [2.75, 3.05) is 7.11 Å². The Labute approximate surface area is 128 Å². The number of carbonyl (C=O) groups excluding carboxylic acids is 1. The van der Waals surface area contributed by atoms with Gasteiger partial charge < -0.3 is 9.47 Å². The highest BCUT2D eigenvalue weighted by molar-refractivity contribution is 6.04. The largest absolute Gasteiger partial charge is 0.488 e. The molecule has 0 N–H and O–H groups in total. The maximum Gasteiger partial charge on any atom is 0.357 e. The molecule has 0 atom stereocenters. The first-order valence-electron chi connectivity index (χ1n) is 6.92. The molecule has 0 unspecified atom stereocenters. The normalized spacial score (nSPS) is 10.4. The van der Waals surface area contributed by atoms with E-state index in [4.69, 9.17) is 9.47 Å². The SMILES string of the molecule is COC(=O)c1nccc2c(OCc3ccccc3)cccc12. The summed E-state index contributed by atoms with van der Waals surface area (Å²) in [5.74, 6) is 0.264. The van der Waals surface area contributed by atoms with E-state index in [-0.39, 0.29) is 0 Å². The molecule has 0 saturated carbocycles. The summed E-state index contributed by atoms with van der Waals surface area (Å²) in [7, 11) is 1.35. The molecule has 3 rings (SSSR count). The zero-order valence-corrected chi connectivity index (χ0v) is 12.2. The zero-order chi connectivity index (χ0) is 15.4. The Morgan fingerprint density at radius 3 is 2.59 bits per heavy atom. The average Bonchev–Trinajstić information content (AvgIpc) is 2.59. The van der Waals surface area contributed by atoms with Gasteiger partial charge in [-0.25, -0.2) is 9.78 Å². The van der Waals surface area contributed by atoms with Gasteiger partial charge in [-0.15, -0.1) is 0 Å². The number of ether oxygens (including phenoxy) is 2. The molecule has 0 bridgehead atoms. The molecular weight excluding hydrogens is 278 g/mol. The Morgan fingerprint density at radius 2 is 1.82 bits per heavy atom. The van der Waals surface area contributed by atoms with Crippen LogP contribution < -0.4 is 4.74 Å². The number of hydrogen-bond donors (Lipinski definition) is 0. The summed E-state index contributed by atoms with van der Waals surface area (Å²) in [6.07, 6.45) is 1.59. The third-order valence-corrected chi connectivity index (χ3v) is 3.38. The monoisotopic (exact) mass is 293 g/mol. The fraction of sp³-hybridized carbons (Fsp3) is 0.111. The molecule has 0 radical (unpaired) electrons. The Kier molecular flexibility index (Phi) is 4.01. The lowest BCUT2D eigenvalue weighted by molar-refractivity contribution is 0.0596. The van der Waals surface area contributed by atoms with E-state index in [9.17, 15) is 4.79 Å². The van der Waals surface area contributed by atoms with Gasteiger partial charge in [0.1, 0.15) is 12.4 Å². The molecule has 22 heavy (non-hydrogen) atoms. The molecule has 0 fully saturated rings.